The van der Waals surface area contributed by atoms with Crippen molar-refractivity contribution in [3.63, 3.8) is 0 Å². The second-order valence-electron chi connectivity index (χ2n) is 5.87. The van der Waals surface area contributed by atoms with E-state index < -0.39 is 0 Å². The van der Waals surface area contributed by atoms with E-state index in [1.807, 2.05) is 13.0 Å². The second kappa shape index (κ2) is 5.83. The topological polar surface area (TPSA) is 38.5 Å². The number of anilines is 1. The van der Waals surface area contributed by atoms with Gasteiger partial charge in [-0.05, 0) is 44.7 Å². The summed E-state index contributed by atoms with van der Waals surface area (Å²) < 4.78 is 5.49. The molecule has 2 N–H and O–H groups in total. The van der Waals surface area contributed by atoms with Crippen LogP contribution in [0.4, 0.5) is 5.69 Å². The Kier molecular flexibility index (Phi) is 4.35. The summed E-state index contributed by atoms with van der Waals surface area (Å²) in [5.41, 5.74) is 8.55. The molecule has 0 spiro atoms. The summed E-state index contributed by atoms with van der Waals surface area (Å²) in [6.07, 6.45) is 2.56. The van der Waals surface area contributed by atoms with Gasteiger partial charge in [-0.2, -0.15) is 0 Å². The number of nitrogens with two attached hydrogens (primary N) is 1. The van der Waals surface area contributed by atoms with Crippen LogP contribution in [0.3, 0.4) is 0 Å². The zero-order chi connectivity index (χ0) is 14.0. The van der Waals surface area contributed by atoms with E-state index in [1.54, 1.807) is 7.11 Å². The molecule has 1 aliphatic heterocycles. The zero-order valence-corrected chi connectivity index (χ0v) is 12.5. The molecule has 1 fully saturated rings. The fraction of sp³-hybridized carbons (Fsp3) is 0.625. The molecule has 1 aromatic carbocycles. The number of benzene rings is 1. The lowest BCUT2D eigenvalue weighted by molar-refractivity contribution is 0.385. The van der Waals surface area contributed by atoms with Gasteiger partial charge < -0.3 is 15.4 Å². The number of piperidine rings is 1. The lowest BCUT2D eigenvalue weighted by atomic mass is 9.93. The van der Waals surface area contributed by atoms with E-state index in [0.717, 1.165) is 23.8 Å². The maximum Gasteiger partial charge on any atom is 0.125 e. The van der Waals surface area contributed by atoms with Gasteiger partial charge >= 0.3 is 0 Å². The van der Waals surface area contributed by atoms with Crippen LogP contribution < -0.4 is 15.4 Å². The largest absolute Gasteiger partial charge is 0.496 e. The van der Waals surface area contributed by atoms with Gasteiger partial charge in [0.1, 0.15) is 5.75 Å². The molecule has 3 nitrogen and oxygen atoms in total. The van der Waals surface area contributed by atoms with Crippen LogP contribution in [0, 0.1) is 5.92 Å². The Hall–Kier alpha value is -1.22. The van der Waals surface area contributed by atoms with Crippen molar-refractivity contribution in [1.29, 1.82) is 0 Å². The minimum absolute atomic E-state index is 0.0180. The van der Waals surface area contributed by atoms with Gasteiger partial charge in [0.25, 0.3) is 0 Å². The third kappa shape index (κ3) is 2.86. The van der Waals surface area contributed by atoms with Crippen molar-refractivity contribution >= 4 is 5.69 Å². The summed E-state index contributed by atoms with van der Waals surface area (Å²) in [6, 6.07) is 6.79. The summed E-state index contributed by atoms with van der Waals surface area (Å²) in [6.45, 7) is 7.76. The Morgan fingerprint density at radius 1 is 1.32 bits per heavy atom. The predicted octanol–water partition coefficient (Wildman–Crippen LogP) is 3.34. The number of methoxy groups -OCH3 is 1. The lowest BCUT2D eigenvalue weighted by Gasteiger charge is -2.40. The minimum Gasteiger partial charge on any atom is -0.496 e. The van der Waals surface area contributed by atoms with Crippen LogP contribution in [-0.2, 0) is 0 Å². The highest BCUT2D eigenvalue weighted by Crippen LogP contribution is 2.37. The summed E-state index contributed by atoms with van der Waals surface area (Å²) >= 11 is 0. The number of ether oxygens (including phenoxy) is 1. The molecule has 1 saturated heterocycles. The Morgan fingerprint density at radius 3 is 2.68 bits per heavy atom. The first-order chi connectivity index (χ1) is 9.04. The van der Waals surface area contributed by atoms with Gasteiger partial charge in [0.15, 0.2) is 0 Å². The van der Waals surface area contributed by atoms with Crippen LogP contribution in [0.2, 0.25) is 0 Å². The number of hydrogen-bond acceptors (Lipinski definition) is 3. The molecule has 0 aromatic heterocycles. The molecule has 2 unspecified atom stereocenters. The molecule has 0 saturated carbocycles. The van der Waals surface area contributed by atoms with Gasteiger partial charge in [-0.25, -0.2) is 0 Å². The standard InChI is InChI=1S/C16H26N2O/c1-11-8-9-12(2)18(10-11)14-6-5-7-15(19-4)16(14)13(3)17/h5-7,11-13H,8-10,17H2,1-4H3/t11?,12?,13-/m1/s1. The van der Waals surface area contributed by atoms with Crippen molar-refractivity contribution in [3.8, 4) is 5.75 Å². The molecular formula is C16H26N2O. The maximum atomic E-state index is 6.17. The molecule has 19 heavy (non-hydrogen) atoms. The predicted molar refractivity (Wildman–Crippen MR) is 80.8 cm³/mol. The van der Waals surface area contributed by atoms with E-state index in [2.05, 4.69) is 30.9 Å². The first kappa shape index (κ1) is 14.2. The molecule has 0 bridgehead atoms. The van der Waals surface area contributed by atoms with Crippen molar-refractivity contribution < 1.29 is 4.74 Å². The molecule has 0 aliphatic carbocycles. The highest BCUT2D eigenvalue weighted by Gasteiger charge is 2.26. The normalized spacial score (nSPS) is 25.2. The van der Waals surface area contributed by atoms with Crippen molar-refractivity contribution in [3.05, 3.63) is 23.8 Å². The Balaban J connectivity index is 2.43. The van der Waals surface area contributed by atoms with E-state index in [4.69, 9.17) is 10.5 Å². The number of nitrogens with zero attached hydrogens (tertiary/aromatic N) is 1. The summed E-state index contributed by atoms with van der Waals surface area (Å²) in [5.74, 6) is 1.64. The van der Waals surface area contributed by atoms with E-state index in [0.29, 0.717) is 6.04 Å². The van der Waals surface area contributed by atoms with Gasteiger partial charge in [0.05, 0.1) is 7.11 Å². The zero-order valence-electron chi connectivity index (χ0n) is 12.5. The molecule has 106 valence electrons. The molecule has 1 aromatic rings. The van der Waals surface area contributed by atoms with Crippen LogP contribution >= 0.6 is 0 Å². The monoisotopic (exact) mass is 262 g/mol. The fourth-order valence-electron chi connectivity index (χ4n) is 3.04. The SMILES string of the molecule is COc1cccc(N2CC(C)CCC2C)c1[C@@H](C)N. The molecular weight excluding hydrogens is 236 g/mol. The number of rotatable bonds is 3. The van der Waals surface area contributed by atoms with Crippen LogP contribution in [0.1, 0.15) is 45.2 Å². The number of hydrogen-bond donors (Lipinski definition) is 1. The van der Waals surface area contributed by atoms with Gasteiger partial charge in [-0.1, -0.05) is 13.0 Å². The third-order valence-corrected chi connectivity index (χ3v) is 4.15. The Labute approximate surface area is 116 Å². The summed E-state index contributed by atoms with van der Waals surface area (Å²) in [7, 11) is 1.72. The van der Waals surface area contributed by atoms with Crippen LogP contribution in [0.15, 0.2) is 18.2 Å². The average Bonchev–Trinajstić information content (AvgIpc) is 2.40. The van der Waals surface area contributed by atoms with Crippen molar-refractivity contribution in [2.24, 2.45) is 11.7 Å². The van der Waals surface area contributed by atoms with E-state index in [9.17, 15) is 0 Å². The Bertz CT molecular complexity index is 431. The van der Waals surface area contributed by atoms with E-state index in [-0.39, 0.29) is 6.04 Å². The molecule has 0 radical (unpaired) electrons. The molecule has 3 atom stereocenters. The maximum absolute atomic E-state index is 6.17. The summed E-state index contributed by atoms with van der Waals surface area (Å²) in [5, 5.41) is 0. The van der Waals surface area contributed by atoms with Gasteiger partial charge in [0.2, 0.25) is 0 Å². The molecule has 1 aliphatic rings. The first-order valence-electron chi connectivity index (χ1n) is 7.23. The highest BCUT2D eigenvalue weighted by molar-refractivity contribution is 5.61. The van der Waals surface area contributed by atoms with Crippen LogP contribution in [-0.4, -0.2) is 19.7 Å². The smallest absolute Gasteiger partial charge is 0.125 e. The molecule has 0 amide bonds. The van der Waals surface area contributed by atoms with Crippen molar-refractivity contribution in [1.82, 2.24) is 0 Å². The van der Waals surface area contributed by atoms with Gasteiger partial charge in [-0.15, -0.1) is 0 Å². The van der Waals surface area contributed by atoms with Crippen molar-refractivity contribution in [2.45, 2.75) is 45.7 Å². The molecule has 3 heteroatoms. The van der Waals surface area contributed by atoms with Crippen LogP contribution in [0.25, 0.3) is 0 Å². The fourth-order valence-corrected chi connectivity index (χ4v) is 3.04. The van der Waals surface area contributed by atoms with Crippen LogP contribution in [0.5, 0.6) is 5.75 Å². The summed E-state index contributed by atoms with van der Waals surface area (Å²) in [4.78, 5) is 2.50. The lowest BCUT2D eigenvalue weighted by Crippen LogP contribution is -2.41. The third-order valence-electron chi connectivity index (χ3n) is 4.15. The molecule has 2 rings (SSSR count). The molecule has 1 heterocycles. The van der Waals surface area contributed by atoms with E-state index >= 15 is 0 Å². The Morgan fingerprint density at radius 2 is 2.05 bits per heavy atom. The first-order valence-corrected chi connectivity index (χ1v) is 7.23. The van der Waals surface area contributed by atoms with Gasteiger partial charge in [-0.3, -0.25) is 0 Å². The quantitative estimate of drug-likeness (QED) is 0.908. The highest BCUT2D eigenvalue weighted by atomic mass is 16.5. The second-order valence-corrected chi connectivity index (χ2v) is 5.87. The van der Waals surface area contributed by atoms with E-state index in [1.165, 1.54) is 18.5 Å². The van der Waals surface area contributed by atoms with Gasteiger partial charge in [0, 0.05) is 29.9 Å². The van der Waals surface area contributed by atoms with Crippen molar-refractivity contribution in [2.75, 3.05) is 18.6 Å². The average molecular weight is 262 g/mol. The minimum atomic E-state index is -0.0180.